The quantitative estimate of drug-likeness (QED) is 0.453. The van der Waals surface area contributed by atoms with E-state index < -0.39 is 6.04 Å². The van der Waals surface area contributed by atoms with E-state index in [4.69, 9.17) is 5.73 Å². The van der Waals surface area contributed by atoms with Gasteiger partial charge in [0.1, 0.15) is 6.04 Å². The van der Waals surface area contributed by atoms with Gasteiger partial charge < -0.3 is 35.3 Å². The SMILES string of the molecule is COC(=O)[C@@H](N)CCSC.[Cl-].[Cl-].[Pt+2]. The maximum Gasteiger partial charge on any atom is 2.00 e. The molecule has 0 aliphatic rings. The molecule has 0 aliphatic carbocycles. The molecule has 3 nitrogen and oxygen atoms in total. The summed E-state index contributed by atoms with van der Waals surface area (Å²) in [5, 5.41) is 0. The average molecular weight is 429 g/mol. The molecule has 0 aromatic heterocycles. The molecule has 0 bridgehead atoms. The Morgan fingerprint density at radius 3 is 2.31 bits per heavy atom. The fourth-order valence-electron chi connectivity index (χ4n) is 0.514. The molecule has 0 amide bonds. The Balaban J connectivity index is -0.000000135. The third-order valence-electron chi connectivity index (χ3n) is 1.14. The Hall–Kier alpha value is 1.05. The first-order chi connectivity index (χ1) is 4.72. The Kier molecular flexibility index (Phi) is 28.3. The molecule has 2 N–H and O–H groups in total. The largest absolute Gasteiger partial charge is 2.00 e. The van der Waals surface area contributed by atoms with Crippen LogP contribution in [-0.4, -0.2) is 31.1 Å². The number of rotatable bonds is 4. The van der Waals surface area contributed by atoms with Crippen molar-refractivity contribution in [2.75, 3.05) is 19.1 Å². The molecule has 0 rings (SSSR count). The van der Waals surface area contributed by atoms with Crippen molar-refractivity contribution in [2.24, 2.45) is 5.73 Å². The van der Waals surface area contributed by atoms with Crippen molar-refractivity contribution in [1.29, 1.82) is 0 Å². The molecule has 0 heterocycles. The molecule has 0 unspecified atom stereocenters. The summed E-state index contributed by atoms with van der Waals surface area (Å²) in [5.74, 6) is 0.574. The minimum Gasteiger partial charge on any atom is -1.00 e. The van der Waals surface area contributed by atoms with Crippen LogP contribution < -0.4 is 30.5 Å². The Labute approximate surface area is 110 Å². The molecule has 7 heteroatoms. The second-order valence-electron chi connectivity index (χ2n) is 1.91. The van der Waals surface area contributed by atoms with Crippen LogP contribution in [0.25, 0.3) is 0 Å². The molecule has 0 spiro atoms. The van der Waals surface area contributed by atoms with Crippen molar-refractivity contribution < 1.29 is 55.4 Å². The Morgan fingerprint density at radius 2 is 2.00 bits per heavy atom. The fourth-order valence-corrected chi connectivity index (χ4v) is 1.00. The van der Waals surface area contributed by atoms with Gasteiger partial charge in [-0.25, -0.2) is 0 Å². The minimum atomic E-state index is -0.447. The molecule has 0 saturated heterocycles. The van der Waals surface area contributed by atoms with E-state index in [1.807, 2.05) is 6.26 Å². The Morgan fingerprint density at radius 1 is 1.54 bits per heavy atom. The average Bonchev–Trinajstić information content (AvgIpc) is 1.98. The number of hydrogen-bond donors (Lipinski definition) is 1. The summed E-state index contributed by atoms with van der Waals surface area (Å²) in [4.78, 5) is 10.7. The van der Waals surface area contributed by atoms with Crippen LogP contribution in [-0.2, 0) is 30.6 Å². The van der Waals surface area contributed by atoms with Gasteiger partial charge in [-0.1, -0.05) is 0 Å². The van der Waals surface area contributed by atoms with E-state index in [-0.39, 0.29) is 51.8 Å². The molecule has 13 heavy (non-hydrogen) atoms. The van der Waals surface area contributed by atoms with Crippen LogP contribution in [0.3, 0.4) is 0 Å². The first-order valence-corrected chi connectivity index (χ1v) is 4.44. The number of halogens is 2. The summed E-state index contributed by atoms with van der Waals surface area (Å²) in [6, 6.07) is -0.447. The molecule has 0 saturated carbocycles. The number of ether oxygens (including phenoxy) is 1. The van der Waals surface area contributed by atoms with Gasteiger partial charge in [0.05, 0.1) is 7.11 Å². The summed E-state index contributed by atoms with van der Waals surface area (Å²) in [6.07, 6.45) is 2.66. The first kappa shape index (κ1) is 23.7. The molecular weight excluding hydrogens is 416 g/mol. The molecule has 0 aromatic carbocycles. The van der Waals surface area contributed by atoms with Gasteiger partial charge >= 0.3 is 27.0 Å². The van der Waals surface area contributed by atoms with Crippen LogP contribution in [0, 0.1) is 0 Å². The number of methoxy groups -OCH3 is 1. The van der Waals surface area contributed by atoms with E-state index in [0.717, 1.165) is 5.75 Å². The monoisotopic (exact) mass is 428 g/mol. The minimum absolute atomic E-state index is 0. The molecule has 1 atom stereocenters. The third kappa shape index (κ3) is 13.0. The predicted octanol–water partition coefficient (Wildman–Crippen LogP) is -5.75. The summed E-state index contributed by atoms with van der Waals surface area (Å²) in [6.45, 7) is 0. The molecule has 0 radical (unpaired) electrons. The van der Waals surface area contributed by atoms with E-state index in [1.165, 1.54) is 7.11 Å². The number of carbonyl (C=O) groups is 1. The molecule has 0 fully saturated rings. The summed E-state index contributed by atoms with van der Waals surface area (Å²) >= 11 is 1.67. The predicted molar refractivity (Wildman–Crippen MR) is 43.0 cm³/mol. The number of carbonyl (C=O) groups excluding carboxylic acids is 1. The van der Waals surface area contributed by atoms with E-state index in [9.17, 15) is 4.79 Å². The zero-order chi connectivity index (χ0) is 7.98. The molecule has 0 aliphatic heterocycles. The number of thioether (sulfide) groups is 1. The van der Waals surface area contributed by atoms with Gasteiger partial charge in [0, 0.05) is 0 Å². The van der Waals surface area contributed by atoms with Crippen LogP contribution >= 0.6 is 11.8 Å². The van der Waals surface area contributed by atoms with Gasteiger partial charge in [-0.05, 0) is 18.4 Å². The van der Waals surface area contributed by atoms with Crippen LogP contribution in [0.15, 0.2) is 0 Å². The smallest absolute Gasteiger partial charge is 1.00 e. The second-order valence-corrected chi connectivity index (χ2v) is 2.90. The van der Waals surface area contributed by atoms with Crippen molar-refractivity contribution in [3.63, 3.8) is 0 Å². The van der Waals surface area contributed by atoms with E-state index in [0.29, 0.717) is 6.42 Å². The van der Waals surface area contributed by atoms with E-state index >= 15 is 0 Å². The van der Waals surface area contributed by atoms with Gasteiger partial charge in [0.2, 0.25) is 0 Å². The normalized spacial score (nSPS) is 9.77. The number of nitrogens with two attached hydrogens (primary N) is 1. The van der Waals surface area contributed by atoms with Gasteiger partial charge in [-0.3, -0.25) is 4.79 Å². The standard InChI is InChI=1S/C6H13NO2S.2ClH.Pt/c1-9-6(8)5(7)3-4-10-2;;;/h5H,3-4,7H2,1-2H3;2*1H;/q;;;+2/p-2/t5-;;;/m0.../s1. The summed E-state index contributed by atoms with van der Waals surface area (Å²) in [5.41, 5.74) is 5.43. The van der Waals surface area contributed by atoms with Gasteiger partial charge in [0.15, 0.2) is 0 Å². The van der Waals surface area contributed by atoms with Gasteiger partial charge in [0.25, 0.3) is 0 Å². The second kappa shape index (κ2) is 15.5. The topological polar surface area (TPSA) is 52.3 Å². The van der Waals surface area contributed by atoms with Crippen molar-refractivity contribution in [3.05, 3.63) is 0 Å². The van der Waals surface area contributed by atoms with Crippen molar-refractivity contribution in [1.82, 2.24) is 0 Å². The molecule has 84 valence electrons. The maximum absolute atomic E-state index is 10.7. The van der Waals surface area contributed by atoms with E-state index in [1.54, 1.807) is 11.8 Å². The van der Waals surface area contributed by atoms with Gasteiger partial charge in [-0.2, -0.15) is 11.8 Å². The fraction of sp³-hybridized carbons (Fsp3) is 0.833. The summed E-state index contributed by atoms with van der Waals surface area (Å²) < 4.78 is 4.44. The van der Waals surface area contributed by atoms with Gasteiger partial charge in [-0.15, -0.1) is 0 Å². The number of hydrogen-bond acceptors (Lipinski definition) is 4. The molecule has 0 aromatic rings. The zero-order valence-electron chi connectivity index (χ0n) is 7.37. The van der Waals surface area contributed by atoms with Crippen molar-refractivity contribution in [3.8, 4) is 0 Å². The van der Waals surface area contributed by atoms with Crippen LogP contribution in [0.4, 0.5) is 0 Å². The van der Waals surface area contributed by atoms with E-state index in [2.05, 4.69) is 4.74 Å². The molecular formula is C6H13Cl2NO2PtS. The van der Waals surface area contributed by atoms with Crippen molar-refractivity contribution in [2.45, 2.75) is 12.5 Å². The Bertz CT molecular complexity index is 121. The third-order valence-corrected chi connectivity index (χ3v) is 1.78. The summed E-state index contributed by atoms with van der Waals surface area (Å²) in [7, 11) is 1.35. The first-order valence-electron chi connectivity index (χ1n) is 3.04. The van der Waals surface area contributed by atoms with Crippen LogP contribution in [0.2, 0.25) is 0 Å². The zero-order valence-corrected chi connectivity index (χ0v) is 12.0. The van der Waals surface area contributed by atoms with Crippen LogP contribution in [0.1, 0.15) is 6.42 Å². The van der Waals surface area contributed by atoms with Crippen molar-refractivity contribution >= 4 is 17.7 Å². The maximum atomic E-state index is 10.7. The number of esters is 1. The van der Waals surface area contributed by atoms with Crippen LogP contribution in [0.5, 0.6) is 0 Å².